The number of fused-ring (bicyclic) bond motifs is 1. The Bertz CT molecular complexity index is 2090. The Kier molecular flexibility index (Phi) is 10.3. The van der Waals surface area contributed by atoms with E-state index in [-0.39, 0.29) is 10.7 Å². The van der Waals surface area contributed by atoms with Crippen LogP contribution in [-0.4, -0.2) is 36.9 Å². The van der Waals surface area contributed by atoms with Gasteiger partial charge in [-0.25, -0.2) is 13.4 Å². The number of nitrogens with one attached hydrogen (secondary N) is 1. The van der Waals surface area contributed by atoms with Gasteiger partial charge in [0, 0.05) is 17.8 Å². The molecule has 1 unspecified atom stereocenters. The molecule has 0 aliphatic heterocycles. The lowest BCUT2D eigenvalue weighted by Gasteiger charge is -2.25. The van der Waals surface area contributed by atoms with Gasteiger partial charge in [-0.1, -0.05) is 102 Å². The van der Waals surface area contributed by atoms with Crippen molar-refractivity contribution in [3.8, 4) is 0 Å². The van der Waals surface area contributed by atoms with E-state index in [9.17, 15) is 18.0 Å². The first-order valence-electron chi connectivity index (χ1n) is 15.4. The average Bonchev–Trinajstić information content (AvgIpc) is 3.53. The van der Waals surface area contributed by atoms with Crippen molar-refractivity contribution in [3.63, 3.8) is 0 Å². The fraction of sp³-hybridized carbons (Fsp3) is 0.132. The SMILES string of the molecule is Cc1ccc(N(CCCc2ccccc2)S(=O)(=O)c2ccc(NC(=O)C(Sc3nc4ccccc4s3)C(=O)c3ccccc3)cc2)cc1. The number of aryl methyl sites for hydroxylation is 2. The first-order chi connectivity index (χ1) is 23.3. The second-order valence-electron chi connectivity index (χ2n) is 11.2. The van der Waals surface area contributed by atoms with Crippen LogP contribution >= 0.6 is 23.1 Å². The molecule has 1 N–H and O–H groups in total. The van der Waals surface area contributed by atoms with Crippen molar-refractivity contribution in [2.75, 3.05) is 16.2 Å². The minimum atomic E-state index is -3.93. The molecule has 242 valence electrons. The van der Waals surface area contributed by atoms with Crippen LogP contribution < -0.4 is 9.62 Å². The third kappa shape index (κ3) is 7.84. The maximum Gasteiger partial charge on any atom is 0.264 e. The van der Waals surface area contributed by atoms with Crippen LogP contribution in [-0.2, 0) is 21.2 Å². The molecule has 0 fully saturated rings. The zero-order valence-corrected chi connectivity index (χ0v) is 28.6. The first kappa shape index (κ1) is 33.1. The number of thiazole rings is 1. The number of rotatable bonds is 13. The van der Waals surface area contributed by atoms with Gasteiger partial charge in [-0.2, -0.15) is 0 Å². The largest absolute Gasteiger partial charge is 0.325 e. The van der Waals surface area contributed by atoms with Crippen LogP contribution in [0.1, 0.15) is 27.9 Å². The van der Waals surface area contributed by atoms with Gasteiger partial charge in [-0.05, 0) is 73.9 Å². The van der Waals surface area contributed by atoms with E-state index in [2.05, 4.69) is 10.3 Å². The fourth-order valence-electron chi connectivity index (χ4n) is 5.20. The number of para-hydroxylation sites is 1. The average molecular weight is 692 g/mol. The number of sulfonamides is 1. The second kappa shape index (κ2) is 15.0. The van der Waals surface area contributed by atoms with E-state index in [1.807, 2.05) is 91.9 Å². The van der Waals surface area contributed by atoms with Crippen LogP contribution in [0, 0.1) is 6.92 Å². The summed E-state index contributed by atoms with van der Waals surface area (Å²) in [5.41, 5.74) is 4.35. The lowest BCUT2D eigenvalue weighted by Crippen LogP contribution is -2.33. The van der Waals surface area contributed by atoms with Crippen molar-refractivity contribution in [2.45, 2.75) is 34.3 Å². The van der Waals surface area contributed by atoms with Gasteiger partial charge < -0.3 is 5.32 Å². The first-order valence-corrected chi connectivity index (χ1v) is 18.6. The molecule has 0 bridgehead atoms. The van der Waals surface area contributed by atoms with Crippen LogP contribution in [0.4, 0.5) is 11.4 Å². The maximum atomic E-state index is 14.0. The van der Waals surface area contributed by atoms with Gasteiger partial charge in [0.25, 0.3) is 10.0 Å². The summed E-state index contributed by atoms with van der Waals surface area (Å²) in [5, 5.41) is 1.72. The molecule has 1 aromatic heterocycles. The van der Waals surface area contributed by atoms with Crippen molar-refractivity contribution < 1.29 is 18.0 Å². The van der Waals surface area contributed by atoms with Gasteiger partial charge in [-0.15, -0.1) is 11.3 Å². The highest BCUT2D eigenvalue weighted by Gasteiger charge is 2.31. The van der Waals surface area contributed by atoms with Gasteiger partial charge >= 0.3 is 0 Å². The normalized spacial score (nSPS) is 12.0. The molecule has 0 radical (unpaired) electrons. The number of carbonyl (C=O) groups excluding carboxylic acids is 2. The Balaban J connectivity index is 1.21. The molecule has 0 aliphatic carbocycles. The third-order valence-electron chi connectivity index (χ3n) is 7.73. The van der Waals surface area contributed by atoms with Crippen molar-refractivity contribution in [2.24, 2.45) is 0 Å². The summed E-state index contributed by atoms with van der Waals surface area (Å²) in [5.74, 6) is -0.869. The lowest BCUT2D eigenvalue weighted by molar-refractivity contribution is -0.115. The van der Waals surface area contributed by atoms with Gasteiger partial charge in [0.05, 0.1) is 20.8 Å². The number of hydrogen-bond donors (Lipinski definition) is 1. The van der Waals surface area contributed by atoms with Gasteiger partial charge in [0.1, 0.15) is 0 Å². The predicted molar refractivity (Wildman–Crippen MR) is 196 cm³/mol. The van der Waals surface area contributed by atoms with E-state index in [4.69, 9.17) is 0 Å². The summed E-state index contributed by atoms with van der Waals surface area (Å²) in [6.07, 6.45) is 1.37. The highest BCUT2D eigenvalue weighted by Crippen LogP contribution is 2.34. The second-order valence-corrected chi connectivity index (χ2v) is 15.4. The summed E-state index contributed by atoms with van der Waals surface area (Å²) in [4.78, 5) is 32.0. The number of hydrogen-bond acceptors (Lipinski definition) is 7. The molecule has 0 aliphatic rings. The number of amides is 1. The molecule has 5 aromatic carbocycles. The van der Waals surface area contributed by atoms with E-state index in [0.29, 0.717) is 34.2 Å². The number of ketones is 1. The monoisotopic (exact) mass is 691 g/mol. The molecule has 0 saturated heterocycles. The van der Waals surface area contributed by atoms with E-state index in [1.165, 1.54) is 27.8 Å². The van der Waals surface area contributed by atoms with Crippen molar-refractivity contribution in [1.82, 2.24) is 4.98 Å². The summed E-state index contributed by atoms with van der Waals surface area (Å²) in [6.45, 7) is 2.26. The predicted octanol–water partition coefficient (Wildman–Crippen LogP) is 8.42. The minimum Gasteiger partial charge on any atom is -0.325 e. The summed E-state index contributed by atoms with van der Waals surface area (Å²) < 4.78 is 31.0. The molecule has 7 nitrogen and oxygen atoms in total. The fourth-order valence-corrected chi connectivity index (χ4v) is 8.91. The Labute approximate surface area is 288 Å². The molecule has 1 heterocycles. The van der Waals surface area contributed by atoms with Crippen LogP contribution in [0.2, 0.25) is 0 Å². The van der Waals surface area contributed by atoms with E-state index < -0.39 is 21.2 Å². The highest BCUT2D eigenvalue weighted by molar-refractivity contribution is 8.03. The van der Waals surface area contributed by atoms with Crippen LogP contribution in [0.15, 0.2) is 143 Å². The van der Waals surface area contributed by atoms with Gasteiger partial charge in [-0.3, -0.25) is 13.9 Å². The number of aromatic nitrogens is 1. The van der Waals surface area contributed by atoms with Crippen LogP contribution in [0.5, 0.6) is 0 Å². The Morgan fingerprint density at radius 3 is 2.15 bits per heavy atom. The lowest BCUT2D eigenvalue weighted by atomic mass is 10.1. The van der Waals surface area contributed by atoms with E-state index in [1.54, 1.807) is 36.4 Å². The van der Waals surface area contributed by atoms with E-state index in [0.717, 1.165) is 39.5 Å². The number of benzene rings is 5. The Morgan fingerprint density at radius 2 is 1.46 bits per heavy atom. The highest BCUT2D eigenvalue weighted by atomic mass is 32.2. The zero-order chi connectivity index (χ0) is 33.5. The Hall–Kier alpha value is -4.77. The molecule has 0 spiro atoms. The molecule has 48 heavy (non-hydrogen) atoms. The van der Waals surface area contributed by atoms with Crippen LogP contribution in [0.25, 0.3) is 10.2 Å². The maximum absolute atomic E-state index is 14.0. The topological polar surface area (TPSA) is 96.4 Å². The molecule has 1 atom stereocenters. The standard InChI is InChI=1S/C38H33N3O4S3/c1-27-18-22-31(23-19-27)41(26-10-13-28-11-4-2-5-12-28)48(44,45)32-24-20-30(21-25-32)39-37(43)36(35(42)29-14-6-3-7-15-29)47-38-40-33-16-8-9-17-34(33)46-38/h2-9,11-12,14-25,36H,10,13,26H2,1H3,(H,39,43). The van der Waals surface area contributed by atoms with Crippen molar-refractivity contribution in [3.05, 3.63) is 150 Å². The zero-order valence-electron chi connectivity index (χ0n) is 26.2. The molecule has 10 heteroatoms. The molecule has 0 saturated carbocycles. The quantitative estimate of drug-likeness (QED) is 0.0742. The molecular formula is C38H33N3O4S3. The molecule has 6 rings (SSSR count). The molecule has 1 amide bonds. The van der Waals surface area contributed by atoms with E-state index >= 15 is 0 Å². The summed E-state index contributed by atoms with van der Waals surface area (Å²) in [7, 11) is -3.93. The van der Waals surface area contributed by atoms with Gasteiger partial charge in [0.2, 0.25) is 5.91 Å². The number of thioether (sulfide) groups is 1. The van der Waals surface area contributed by atoms with Crippen LogP contribution in [0.3, 0.4) is 0 Å². The minimum absolute atomic E-state index is 0.0987. The molecule has 6 aromatic rings. The molecular weight excluding hydrogens is 659 g/mol. The number of anilines is 2. The number of Topliss-reactive ketones (excluding diaryl/α,β-unsaturated/α-hetero) is 1. The van der Waals surface area contributed by atoms with Crippen molar-refractivity contribution >= 4 is 66.4 Å². The Morgan fingerprint density at radius 1 is 0.812 bits per heavy atom. The smallest absolute Gasteiger partial charge is 0.264 e. The number of nitrogens with zero attached hydrogens (tertiary/aromatic N) is 2. The summed E-state index contributed by atoms with van der Waals surface area (Å²) in [6, 6.07) is 39.8. The van der Waals surface area contributed by atoms with Gasteiger partial charge in [0.15, 0.2) is 15.4 Å². The number of carbonyl (C=O) groups is 2. The third-order valence-corrected chi connectivity index (χ3v) is 11.9. The van der Waals surface area contributed by atoms with Crippen molar-refractivity contribution in [1.29, 1.82) is 0 Å². The summed E-state index contributed by atoms with van der Waals surface area (Å²) >= 11 is 2.52.